The Hall–Kier alpha value is -3.28. The van der Waals surface area contributed by atoms with E-state index in [9.17, 15) is 4.79 Å². The first-order valence-electron chi connectivity index (χ1n) is 8.86. The first-order chi connectivity index (χ1) is 13.1. The molecule has 0 aliphatic carbocycles. The quantitative estimate of drug-likeness (QED) is 0.648. The van der Waals surface area contributed by atoms with E-state index in [4.69, 9.17) is 0 Å². The number of aromatic nitrogens is 3. The van der Waals surface area contributed by atoms with Crippen molar-refractivity contribution >= 4 is 11.7 Å². The maximum Gasteiger partial charge on any atom is 0.274 e. The summed E-state index contributed by atoms with van der Waals surface area (Å²) in [7, 11) is 3.74. The zero-order chi connectivity index (χ0) is 19.1. The van der Waals surface area contributed by atoms with E-state index in [1.807, 2.05) is 60.5 Å². The topological polar surface area (TPSA) is 62.2 Å². The Bertz CT molecular complexity index is 853. The van der Waals surface area contributed by atoms with Gasteiger partial charge in [-0.15, -0.1) is 10.2 Å². The van der Waals surface area contributed by atoms with Crippen LogP contribution in [-0.2, 0) is 13.0 Å². The number of anilines is 1. The Morgan fingerprint density at radius 2 is 1.63 bits per heavy atom. The van der Waals surface area contributed by atoms with Crippen LogP contribution in [-0.4, -0.2) is 46.6 Å². The number of likely N-dealkylation sites (N-methyl/N-ethyl adjacent to an activating group) is 1. The Kier molecular flexibility index (Phi) is 6.10. The fraction of sp³-hybridized carbons (Fsp3) is 0.238. The third-order valence-electron chi connectivity index (χ3n) is 4.36. The molecular weight excluding hydrogens is 338 g/mol. The SMILES string of the molecule is CN(Cc1ccccc1)C(=O)c1ccc(N(C)CCc2ccncc2)nn1. The first-order valence-corrected chi connectivity index (χ1v) is 8.86. The predicted octanol–water partition coefficient (Wildman–Crippen LogP) is 2.82. The van der Waals surface area contributed by atoms with E-state index in [2.05, 4.69) is 15.2 Å². The molecule has 3 aromatic rings. The molecule has 0 atom stereocenters. The largest absolute Gasteiger partial charge is 0.358 e. The Morgan fingerprint density at radius 1 is 0.889 bits per heavy atom. The van der Waals surface area contributed by atoms with Gasteiger partial charge in [-0.1, -0.05) is 30.3 Å². The second-order valence-corrected chi connectivity index (χ2v) is 6.45. The van der Waals surface area contributed by atoms with Gasteiger partial charge in [0.05, 0.1) is 0 Å². The maximum absolute atomic E-state index is 12.5. The van der Waals surface area contributed by atoms with Crippen molar-refractivity contribution < 1.29 is 4.79 Å². The molecule has 3 rings (SSSR count). The minimum Gasteiger partial charge on any atom is -0.358 e. The second-order valence-electron chi connectivity index (χ2n) is 6.45. The molecule has 0 aliphatic rings. The van der Waals surface area contributed by atoms with Crippen molar-refractivity contribution in [2.45, 2.75) is 13.0 Å². The number of hydrogen-bond donors (Lipinski definition) is 0. The average Bonchev–Trinajstić information content (AvgIpc) is 2.73. The van der Waals surface area contributed by atoms with Crippen LogP contribution in [0.1, 0.15) is 21.6 Å². The number of hydrogen-bond acceptors (Lipinski definition) is 5. The number of carbonyl (C=O) groups excluding carboxylic acids is 1. The van der Waals surface area contributed by atoms with E-state index in [-0.39, 0.29) is 5.91 Å². The monoisotopic (exact) mass is 361 g/mol. The third kappa shape index (κ3) is 5.10. The molecule has 27 heavy (non-hydrogen) atoms. The summed E-state index contributed by atoms with van der Waals surface area (Å²) in [6.45, 7) is 1.34. The third-order valence-corrected chi connectivity index (χ3v) is 4.36. The summed E-state index contributed by atoms with van der Waals surface area (Å²) in [5.41, 5.74) is 2.65. The molecule has 0 N–H and O–H groups in total. The molecule has 0 unspecified atom stereocenters. The van der Waals surface area contributed by atoms with Crippen LogP contribution >= 0.6 is 0 Å². The highest BCUT2D eigenvalue weighted by molar-refractivity contribution is 5.92. The van der Waals surface area contributed by atoms with E-state index < -0.39 is 0 Å². The summed E-state index contributed by atoms with van der Waals surface area (Å²) in [5.74, 6) is 0.601. The van der Waals surface area contributed by atoms with Crippen molar-refractivity contribution in [3.63, 3.8) is 0 Å². The van der Waals surface area contributed by atoms with Gasteiger partial charge in [-0.05, 0) is 41.8 Å². The molecule has 0 bridgehead atoms. The molecule has 2 heterocycles. The van der Waals surface area contributed by atoms with Crippen LogP contribution in [0.15, 0.2) is 67.0 Å². The molecule has 6 nitrogen and oxygen atoms in total. The van der Waals surface area contributed by atoms with Crippen LogP contribution in [0.25, 0.3) is 0 Å². The standard InChI is InChI=1S/C21H23N5O/c1-25(15-12-17-10-13-22-14-11-17)20-9-8-19(23-24-20)21(27)26(2)16-18-6-4-3-5-7-18/h3-11,13-14H,12,15-16H2,1-2H3. The summed E-state index contributed by atoms with van der Waals surface area (Å²) in [4.78, 5) is 20.2. The molecule has 0 aliphatic heterocycles. The van der Waals surface area contributed by atoms with Gasteiger partial charge in [0.1, 0.15) is 0 Å². The Balaban J connectivity index is 1.58. The molecule has 1 amide bonds. The number of benzene rings is 1. The van der Waals surface area contributed by atoms with Gasteiger partial charge in [-0.2, -0.15) is 0 Å². The van der Waals surface area contributed by atoms with E-state index in [1.54, 1.807) is 30.4 Å². The van der Waals surface area contributed by atoms with Crippen molar-refractivity contribution in [2.24, 2.45) is 0 Å². The van der Waals surface area contributed by atoms with Gasteiger partial charge in [0.2, 0.25) is 0 Å². The minimum atomic E-state index is -0.141. The summed E-state index contributed by atoms with van der Waals surface area (Å²) in [5, 5.41) is 8.34. The van der Waals surface area contributed by atoms with Gasteiger partial charge in [0.25, 0.3) is 5.91 Å². The molecule has 6 heteroatoms. The number of pyridine rings is 1. The second kappa shape index (κ2) is 8.89. The van der Waals surface area contributed by atoms with Crippen molar-refractivity contribution in [3.8, 4) is 0 Å². The highest BCUT2D eigenvalue weighted by Gasteiger charge is 2.15. The van der Waals surface area contributed by atoms with Crippen LogP contribution in [0, 0.1) is 0 Å². The zero-order valence-electron chi connectivity index (χ0n) is 15.6. The predicted molar refractivity (Wildman–Crippen MR) is 105 cm³/mol. The van der Waals surface area contributed by atoms with Crippen molar-refractivity contribution in [2.75, 3.05) is 25.5 Å². The van der Waals surface area contributed by atoms with E-state index in [0.29, 0.717) is 12.2 Å². The number of amides is 1. The zero-order valence-corrected chi connectivity index (χ0v) is 15.6. The Morgan fingerprint density at radius 3 is 2.30 bits per heavy atom. The van der Waals surface area contributed by atoms with E-state index >= 15 is 0 Å². The van der Waals surface area contributed by atoms with E-state index in [1.165, 1.54) is 5.56 Å². The molecule has 0 fully saturated rings. The highest BCUT2D eigenvalue weighted by atomic mass is 16.2. The van der Waals surface area contributed by atoms with Crippen LogP contribution < -0.4 is 4.90 Å². The number of rotatable bonds is 7. The lowest BCUT2D eigenvalue weighted by molar-refractivity contribution is 0.0778. The van der Waals surface area contributed by atoms with Crippen LogP contribution in [0.3, 0.4) is 0 Å². The minimum absolute atomic E-state index is 0.141. The Labute approximate surface area is 159 Å². The molecule has 0 radical (unpaired) electrons. The summed E-state index contributed by atoms with van der Waals surface area (Å²) in [6, 6.07) is 17.5. The molecule has 0 spiro atoms. The molecule has 138 valence electrons. The van der Waals surface area contributed by atoms with Gasteiger partial charge < -0.3 is 9.80 Å². The van der Waals surface area contributed by atoms with Gasteiger partial charge in [0, 0.05) is 39.6 Å². The highest BCUT2D eigenvalue weighted by Crippen LogP contribution is 2.11. The van der Waals surface area contributed by atoms with Crippen molar-refractivity contribution in [3.05, 3.63) is 83.8 Å². The van der Waals surface area contributed by atoms with Crippen molar-refractivity contribution in [1.82, 2.24) is 20.1 Å². The smallest absolute Gasteiger partial charge is 0.274 e. The summed E-state index contributed by atoms with van der Waals surface area (Å²) >= 11 is 0. The van der Waals surface area contributed by atoms with Gasteiger partial charge in [-0.3, -0.25) is 9.78 Å². The van der Waals surface area contributed by atoms with Crippen molar-refractivity contribution in [1.29, 1.82) is 0 Å². The lowest BCUT2D eigenvalue weighted by Crippen LogP contribution is -2.28. The molecule has 0 saturated carbocycles. The maximum atomic E-state index is 12.5. The fourth-order valence-electron chi connectivity index (χ4n) is 2.73. The summed E-state index contributed by atoms with van der Waals surface area (Å²) < 4.78 is 0. The lowest BCUT2D eigenvalue weighted by Gasteiger charge is -2.19. The van der Waals surface area contributed by atoms with Gasteiger partial charge in [-0.25, -0.2) is 0 Å². The van der Waals surface area contributed by atoms with Crippen LogP contribution in [0.5, 0.6) is 0 Å². The van der Waals surface area contributed by atoms with Crippen LogP contribution in [0.4, 0.5) is 5.82 Å². The average molecular weight is 361 g/mol. The fourth-order valence-corrected chi connectivity index (χ4v) is 2.73. The first kappa shape index (κ1) is 18.5. The molecule has 0 saturated heterocycles. The number of nitrogens with zero attached hydrogens (tertiary/aromatic N) is 5. The molecule has 2 aromatic heterocycles. The lowest BCUT2D eigenvalue weighted by atomic mass is 10.2. The molecule has 1 aromatic carbocycles. The van der Waals surface area contributed by atoms with Gasteiger partial charge >= 0.3 is 0 Å². The summed E-state index contributed by atoms with van der Waals surface area (Å²) in [6.07, 6.45) is 4.48. The normalized spacial score (nSPS) is 10.4. The van der Waals surface area contributed by atoms with E-state index in [0.717, 1.165) is 24.3 Å². The van der Waals surface area contributed by atoms with Gasteiger partial charge in [0.15, 0.2) is 11.5 Å². The van der Waals surface area contributed by atoms with Crippen LogP contribution in [0.2, 0.25) is 0 Å². The molecular formula is C21H23N5O. The number of carbonyl (C=O) groups is 1.